The van der Waals surface area contributed by atoms with Crippen molar-refractivity contribution in [2.45, 2.75) is 19.4 Å². The van der Waals surface area contributed by atoms with E-state index in [1.165, 1.54) is 0 Å². The number of nitrogen functional groups attached to an aromatic ring is 1. The van der Waals surface area contributed by atoms with Gasteiger partial charge >= 0.3 is 0 Å². The normalized spacial score (nSPS) is 17.2. The predicted molar refractivity (Wildman–Crippen MR) is 67.0 cm³/mol. The number of rotatable bonds is 2. The molecule has 0 saturated carbocycles. The minimum absolute atomic E-state index is 0.184. The highest BCUT2D eigenvalue weighted by molar-refractivity contribution is 5.81. The lowest BCUT2D eigenvalue weighted by molar-refractivity contribution is -0.116. The van der Waals surface area contributed by atoms with Crippen LogP contribution in [-0.2, 0) is 4.79 Å². The first-order valence-electron chi connectivity index (χ1n) is 5.49. The summed E-state index contributed by atoms with van der Waals surface area (Å²) >= 11 is 0. The highest BCUT2D eigenvalue weighted by Gasteiger charge is 2.32. The molecule has 1 aromatic carbocycles. The first-order chi connectivity index (χ1) is 7.87. The van der Waals surface area contributed by atoms with Gasteiger partial charge in [0.1, 0.15) is 11.4 Å². The van der Waals surface area contributed by atoms with Gasteiger partial charge in [-0.15, -0.1) is 0 Å². The van der Waals surface area contributed by atoms with Crippen molar-refractivity contribution in [1.82, 2.24) is 0 Å². The molecule has 17 heavy (non-hydrogen) atoms. The van der Waals surface area contributed by atoms with Crippen molar-refractivity contribution >= 4 is 17.3 Å². The molecule has 0 saturated heterocycles. The van der Waals surface area contributed by atoms with Gasteiger partial charge in [-0.2, -0.15) is 0 Å². The summed E-state index contributed by atoms with van der Waals surface area (Å²) in [5.74, 6) is 0.341. The van der Waals surface area contributed by atoms with Gasteiger partial charge < -0.3 is 21.1 Å². The molecule has 0 bridgehead atoms. The van der Waals surface area contributed by atoms with Gasteiger partial charge in [-0.1, -0.05) is 0 Å². The van der Waals surface area contributed by atoms with Crippen LogP contribution in [0.5, 0.6) is 5.75 Å². The maximum Gasteiger partial charge on any atom is 0.236 e. The molecule has 92 valence electrons. The summed E-state index contributed by atoms with van der Waals surface area (Å²) in [5, 5.41) is 0. The Labute approximate surface area is 100 Å². The van der Waals surface area contributed by atoms with Gasteiger partial charge in [0.25, 0.3) is 0 Å². The lowest BCUT2D eigenvalue weighted by Crippen LogP contribution is -2.49. The van der Waals surface area contributed by atoms with Gasteiger partial charge in [-0.25, -0.2) is 0 Å². The summed E-state index contributed by atoms with van der Waals surface area (Å²) < 4.78 is 5.84. The van der Waals surface area contributed by atoms with Crippen LogP contribution < -0.4 is 21.1 Å². The molecule has 0 aromatic heterocycles. The Bertz CT molecular complexity index is 457. The van der Waals surface area contributed by atoms with Crippen LogP contribution in [0.15, 0.2) is 18.2 Å². The van der Waals surface area contributed by atoms with Crippen LogP contribution in [0.1, 0.15) is 13.8 Å². The molecule has 0 spiro atoms. The third kappa shape index (κ3) is 2.43. The second-order valence-electron chi connectivity index (χ2n) is 4.91. The molecule has 1 aliphatic heterocycles. The molecule has 2 rings (SSSR count). The SMILES string of the molecule is CC1(C)CN(CC(N)=O)c2ccc(N)cc2O1. The first kappa shape index (κ1) is 11.6. The van der Waals surface area contributed by atoms with Crippen LogP contribution in [0.4, 0.5) is 11.4 Å². The number of benzene rings is 1. The zero-order valence-electron chi connectivity index (χ0n) is 10.1. The molecular weight excluding hydrogens is 218 g/mol. The van der Waals surface area contributed by atoms with Gasteiger partial charge in [-0.3, -0.25) is 4.79 Å². The average molecular weight is 235 g/mol. The zero-order chi connectivity index (χ0) is 12.6. The monoisotopic (exact) mass is 235 g/mol. The molecule has 1 aromatic rings. The zero-order valence-corrected chi connectivity index (χ0v) is 10.1. The minimum atomic E-state index is -0.365. The van der Waals surface area contributed by atoms with E-state index in [0.717, 1.165) is 5.69 Å². The lowest BCUT2D eigenvalue weighted by Gasteiger charge is -2.40. The Morgan fingerprint density at radius 1 is 1.53 bits per heavy atom. The number of primary amides is 1. The molecule has 0 aliphatic carbocycles. The third-order valence-electron chi connectivity index (χ3n) is 2.63. The number of carbonyl (C=O) groups is 1. The molecule has 4 N–H and O–H groups in total. The first-order valence-corrected chi connectivity index (χ1v) is 5.49. The number of nitrogens with zero attached hydrogens (tertiary/aromatic N) is 1. The minimum Gasteiger partial charge on any atom is -0.484 e. The number of carbonyl (C=O) groups excluding carboxylic acids is 1. The van der Waals surface area contributed by atoms with E-state index in [4.69, 9.17) is 16.2 Å². The maximum atomic E-state index is 11.1. The highest BCUT2D eigenvalue weighted by Crippen LogP contribution is 2.37. The van der Waals surface area contributed by atoms with E-state index >= 15 is 0 Å². The number of fused-ring (bicyclic) bond motifs is 1. The van der Waals surface area contributed by atoms with Crippen molar-refractivity contribution in [3.8, 4) is 5.75 Å². The summed E-state index contributed by atoms with van der Waals surface area (Å²) in [6.45, 7) is 4.73. The van der Waals surface area contributed by atoms with Gasteiger partial charge in [-0.05, 0) is 26.0 Å². The van der Waals surface area contributed by atoms with Gasteiger partial charge in [0.15, 0.2) is 0 Å². The summed E-state index contributed by atoms with van der Waals surface area (Å²) in [4.78, 5) is 13.0. The number of hydrogen-bond donors (Lipinski definition) is 2. The van der Waals surface area contributed by atoms with E-state index in [1.54, 1.807) is 12.1 Å². The molecule has 0 atom stereocenters. The van der Waals surface area contributed by atoms with Crippen molar-refractivity contribution in [1.29, 1.82) is 0 Å². The largest absolute Gasteiger partial charge is 0.484 e. The van der Waals surface area contributed by atoms with Gasteiger partial charge in [0, 0.05) is 11.8 Å². The van der Waals surface area contributed by atoms with E-state index in [2.05, 4.69) is 0 Å². The lowest BCUT2D eigenvalue weighted by atomic mass is 10.0. The Balaban J connectivity index is 2.40. The molecule has 0 fully saturated rings. The van der Waals surface area contributed by atoms with Crippen molar-refractivity contribution in [2.75, 3.05) is 23.7 Å². The molecule has 1 aliphatic rings. The summed E-state index contributed by atoms with van der Waals surface area (Å²) in [7, 11) is 0. The van der Waals surface area contributed by atoms with Gasteiger partial charge in [0.05, 0.1) is 18.8 Å². The van der Waals surface area contributed by atoms with E-state index in [1.807, 2.05) is 24.8 Å². The van der Waals surface area contributed by atoms with Crippen molar-refractivity contribution in [3.05, 3.63) is 18.2 Å². The van der Waals surface area contributed by atoms with E-state index in [-0.39, 0.29) is 18.1 Å². The quantitative estimate of drug-likeness (QED) is 0.740. The number of amides is 1. The van der Waals surface area contributed by atoms with E-state index in [0.29, 0.717) is 18.0 Å². The van der Waals surface area contributed by atoms with Crippen LogP contribution in [0.2, 0.25) is 0 Å². The van der Waals surface area contributed by atoms with Crippen molar-refractivity contribution in [2.24, 2.45) is 5.73 Å². The second-order valence-corrected chi connectivity index (χ2v) is 4.91. The van der Waals surface area contributed by atoms with Crippen molar-refractivity contribution < 1.29 is 9.53 Å². The predicted octanol–water partition coefficient (Wildman–Crippen LogP) is 0.731. The van der Waals surface area contributed by atoms with E-state index < -0.39 is 0 Å². The Morgan fingerprint density at radius 3 is 2.88 bits per heavy atom. The average Bonchev–Trinajstić information content (AvgIpc) is 2.13. The highest BCUT2D eigenvalue weighted by atomic mass is 16.5. The van der Waals surface area contributed by atoms with Crippen LogP contribution >= 0.6 is 0 Å². The molecule has 5 heteroatoms. The van der Waals surface area contributed by atoms with Crippen molar-refractivity contribution in [3.63, 3.8) is 0 Å². The molecule has 0 radical (unpaired) electrons. The van der Waals surface area contributed by atoms with Crippen LogP contribution in [-0.4, -0.2) is 24.6 Å². The Morgan fingerprint density at radius 2 is 2.24 bits per heavy atom. The second kappa shape index (κ2) is 3.84. The number of hydrogen-bond acceptors (Lipinski definition) is 4. The van der Waals surface area contributed by atoms with Crippen LogP contribution in [0, 0.1) is 0 Å². The molecular formula is C12H17N3O2. The number of anilines is 2. The number of nitrogens with two attached hydrogens (primary N) is 2. The summed E-state index contributed by atoms with van der Waals surface area (Å²) in [6.07, 6.45) is 0. The third-order valence-corrected chi connectivity index (χ3v) is 2.63. The van der Waals surface area contributed by atoms with Gasteiger partial charge in [0.2, 0.25) is 5.91 Å². The molecule has 0 unspecified atom stereocenters. The standard InChI is InChI=1S/C12H17N3O2/c1-12(2)7-15(6-11(14)16)9-4-3-8(13)5-10(9)17-12/h3-5H,6-7,13H2,1-2H3,(H2,14,16). The fraction of sp³-hybridized carbons (Fsp3) is 0.417. The van der Waals surface area contributed by atoms with Crippen LogP contribution in [0.3, 0.4) is 0 Å². The topological polar surface area (TPSA) is 81.6 Å². The fourth-order valence-corrected chi connectivity index (χ4v) is 2.08. The van der Waals surface area contributed by atoms with Crippen LogP contribution in [0.25, 0.3) is 0 Å². The summed E-state index contributed by atoms with van der Waals surface area (Å²) in [5.41, 5.74) is 12.1. The molecule has 5 nitrogen and oxygen atoms in total. The molecule has 1 heterocycles. The Hall–Kier alpha value is -1.91. The van der Waals surface area contributed by atoms with E-state index in [9.17, 15) is 4.79 Å². The smallest absolute Gasteiger partial charge is 0.236 e. The Kier molecular flexibility index (Phi) is 2.61. The summed E-state index contributed by atoms with van der Waals surface area (Å²) in [6, 6.07) is 5.40. The fourth-order valence-electron chi connectivity index (χ4n) is 2.08. The maximum absolute atomic E-state index is 11.1. The number of ether oxygens (including phenoxy) is 1. The molecule has 1 amide bonds.